The van der Waals surface area contributed by atoms with Crippen LogP contribution in [0.15, 0.2) is 88.2 Å². The first kappa shape index (κ1) is 40.5. The largest absolute Gasteiger partial charge is 1.00 e. The van der Waals surface area contributed by atoms with E-state index in [1.165, 1.54) is 81.3 Å². The molecule has 0 spiro atoms. The zero-order valence-corrected chi connectivity index (χ0v) is 36.1. The molecule has 0 unspecified atom stereocenters. The molecule has 262 valence electrons. The van der Waals surface area contributed by atoms with E-state index < -0.39 is 21.3 Å². The number of fused-ring (bicyclic) bond motifs is 3. The predicted molar refractivity (Wildman–Crippen MR) is 209 cm³/mol. The summed E-state index contributed by atoms with van der Waals surface area (Å²) in [5.41, 5.74) is 17.7. The quantitative estimate of drug-likeness (QED) is 0.165. The van der Waals surface area contributed by atoms with Gasteiger partial charge in [0.15, 0.2) is 0 Å². The summed E-state index contributed by atoms with van der Waals surface area (Å²) < 4.78 is 5.46. The van der Waals surface area contributed by atoms with Gasteiger partial charge in [-0.3, -0.25) is 0 Å². The van der Waals surface area contributed by atoms with Crippen LogP contribution in [0.25, 0.3) is 33.4 Å². The van der Waals surface area contributed by atoms with E-state index in [0.717, 1.165) is 12.8 Å². The van der Waals surface area contributed by atoms with E-state index in [1.807, 2.05) is 3.21 Å². The third-order valence-electron chi connectivity index (χ3n) is 10.6. The molecule has 2 aliphatic rings. The summed E-state index contributed by atoms with van der Waals surface area (Å²) in [7, 11) is 0. The van der Waals surface area contributed by atoms with Crippen LogP contribution in [-0.2, 0) is 38.5 Å². The number of aryl methyl sites for hydroxylation is 2. The van der Waals surface area contributed by atoms with Crippen LogP contribution in [0.1, 0.15) is 121 Å². The molecule has 2 aliphatic carbocycles. The second-order valence-electron chi connectivity index (χ2n) is 16.4. The molecular weight excluding hydrogens is 727 g/mol. The first-order valence-corrected chi connectivity index (χ1v) is 22.1. The van der Waals surface area contributed by atoms with Crippen molar-refractivity contribution in [1.29, 1.82) is 0 Å². The molecule has 0 saturated carbocycles. The molecule has 0 saturated heterocycles. The van der Waals surface area contributed by atoms with Gasteiger partial charge in [-0.1, -0.05) is 0 Å². The Balaban J connectivity index is 0.00000281. The third-order valence-corrected chi connectivity index (χ3v) is 18.6. The third kappa shape index (κ3) is 7.73. The Morgan fingerprint density at radius 1 is 0.660 bits per heavy atom. The van der Waals surface area contributed by atoms with Crippen molar-refractivity contribution in [2.75, 3.05) is 0 Å². The molecule has 0 radical (unpaired) electrons. The number of allylic oxidation sites excluding steroid dienone is 4. The van der Waals surface area contributed by atoms with Crippen LogP contribution in [0.4, 0.5) is 0 Å². The topological polar surface area (TPSA) is 0 Å². The fraction of sp³-hybridized carbons (Fsp3) is 0.383. The Labute approximate surface area is 323 Å². The van der Waals surface area contributed by atoms with Crippen molar-refractivity contribution in [3.63, 3.8) is 0 Å². The standard InChI is InChI=1S/C35H37.C7H14.C5H5.2ClH.Zr/c1-22-13-9-11-15-26(22)30-18-24-17-25-19-31(27-16-12-10-14-23(27)2)33(35(6,7)8)21-29(25)28(24)20-32(30)34(3,4)5;1-3-5-7-6-4-2;1-2-4-5-3-1;;;/h9-16,18,20-21H,17H2,1-8H3;3-6H2,1-2H3;1-3H,4H2;2*1H;/q;;;;;+2/p-2. The van der Waals surface area contributed by atoms with Gasteiger partial charge >= 0.3 is 301 Å². The Bertz CT molecular complexity index is 1970. The van der Waals surface area contributed by atoms with Gasteiger partial charge in [0.25, 0.3) is 0 Å². The monoisotopic (exact) mass is 780 g/mol. The molecule has 0 N–H and O–H groups in total. The van der Waals surface area contributed by atoms with Gasteiger partial charge in [0, 0.05) is 0 Å². The minimum absolute atomic E-state index is 0. The van der Waals surface area contributed by atoms with Crippen LogP contribution in [0, 0.1) is 13.8 Å². The molecule has 4 aromatic rings. The normalized spacial score (nSPS) is 13.1. The second kappa shape index (κ2) is 16.2. The number of halogens is 2. The summed E-state index contributed by atoms with van der Waals surface area (Å²) >= 11 is -2.55. The number of rotatable bonds is 8. The maximum Gasteiger partial charge on any atom is -1.00 e. The summed E-state index contributed by atoms with van der Waals surface area (Å²) in [6.45, 7) is 23.9. The van der Waals surface area contributed by atoms with E-state index in [-0.39, 0.29) is 35.6 Å². The Kier molecular flexibility index (Phi) is 13.1. The fourth-order valence-electron chi connectivity index (χ4n) is 8.27. The minimum Gasteiger partial charge on any atom is -1.00 e. The number of benzene rings is 4. The number of hydrogen-bond acceptors (Lipinski definition) is 0. The van der Waals surface area contributed by atoms with Crippen molar-refractivity contribution in [3.05, 3.63) is 122 Å². The fourth-order valence-corrected chi connectivity index (χ4v) is 17.5. The van der Waals surface area contributed by atoms with Crippen molar-refractivity contribution < 1.29 is 46.1 Å². The van der Waals surface area contributed by atoms with Gasteiger partial charge < -0.3 is 24.8 Å². The first-order chi connectivity index (χ1) is 22.8. The Morgan fingerprint density at radius 2 is 1.22 bits per heavy atom. The maximum atomic E-state index is 2.65. The van der Waals surface area contributed by atoms with Crippen LogP contribution in [0.3, 0.4) is 0 Å². The smallest absolute Gasteiger partial charge is 1.00 e. The molecule has 0 bridgehead atoms. The summed E-state index contributed by atoms with van der Waals surface area (Å²) in [4.78, 5) is 0. The summed E-state index contributed by atoms with van der Waals surface area (Å²) in [5.74, 6) is 0. The molecule has 4 aromatic carbocycles. The molecule has 0 atom stereocenters. The van der Waals surface area contributed by atoms with Gasteiger partial charge in [0.05, 0.1) is 0 Å². The molecule has 0 heterocycles. The first-order valence-electron chi connectivity index (χ1n) is 18.4. The van der Waals surface area contributed by atoms with Gasteiger partial charge in [0.2, 0.25) is 0 Å². The minimum atomic E-state index is -2.55. The molecule has 0 fully saturated rings. The van der Waals surface area contributed by atoms with E-state index in [1.54, 1.807) is 17.7 Å². The SMILES string of the molecule is CCC[C](CCC)=[Zr+2]([C]1=CC=CC1)[c]1c2c(cc(C(C)(C)C)c1-c1ccccc1C)-c1cc(C(C)(C)C)c(-c3ccccc3C)cc1C2.[Cl-].[Cl-]. The molecule has 0 aromatic heterocycles. The van der Waals surface area contributed by atoms with Crippen LogP contribution in [0.5, 0.6) is 0 Å². The van der Waals surface area contributed by atoms with Gasteiger partial charge in [-0.15, -0.1) is 0 Å². The Morgan fingerprint density at radius 3 is 1.74 bits per heavy atom. The van der Waals surface area contributed by atoms with E-state index in [4.69, 9.17) is 0 Å². The van der Waals surface area contributed by atoms with Crippen molar-refractivity contribution >= 4 is 6.48 Å². The van der Waals surface area contributed by atoms with E-state index >= 15 is 0 Å². The number of hydrogen-bond donors (Lipinski definition) is 0. The van der Waals surface area contributed by atoms with Crippen LogP contribution < -0.4 is 28.1 Å². The second-order valence-corrected chi connectivity index (χ2v) is 22.8. The van der Waals surface area contributed by atoms with Crippen LogP contribution >= 0.6 is 0 Å². The van der Waals surface area contributed by atoms with Gasteiger partial charge in [-0.2, -0.15) is 0 Å². The molecular formula is C47H56Cl2Zr. The molecule has 0 aliphatic heterocycles. The zero-order valence-electron chi connectivity index (χ0n) is 32.1. The van der Waals surface area contributed by atoms with Crippen molar-refractivity contribution in [1.82, 2.24) is 0 Å². The van der Waals surface area contributed by atoms with Gasteiger partial charge in [-0.25, -0.2) is 0 Å². The van der Waals surface area contributed by atoms with Crippen LogP contribution in [0.2, 0.25) is 0 Å². The molecule has 0 amide bonds. The molecule has 50 heavy (non-hydrogen) atoms. The molecule has 3 heteroatoms. The van der Waals surface area contributed by atoms with Crippen molar-refractivity contribution in [3.8, 4) is 33.4 Å². The zero-order chi connectivity index (χ0) is 34.4. The van der Waals surface area contributed by atoms with Crippen molar-refractivity contribution in [2.45, 2.75) is 119 Å². The maximum absolute atomic E-state index is 2.65. The van der Waals surface area contributed by atoms with E-state index in [9.17, 15) is 0 Å². The van der Waals surface area contributed by atoms with Gasteiger partial charge in [0.1, 0.15) is 0 Å². The average molecular weight is 783 g/mol. The van der Waals surface area contributed by atoms with E-state index in [2.05, 4.69) is 154 Å². The van der Waals surface area contributed by atoms with Crippen molar-refractivity contribution in [2.24, 2.45) is 0 Å². The average Bonchev–Trinajstić information content (AvgIpc) is 3.68. The molecule has 0 nitrogen and oxygen atoms in total. The Hall–Kier alpha value is -2.31. The van der Waals surface area contributed by atoms with Gasteiger partial charge in [-0.05, 0) is 0 Å². The predicted octanol–water partition coefficient (Wildman–Crippen LogP) is 6.67. The van der Waals surface area contributed by atoms with Crippen LogP contribution in [-0.4, -0.2) is 3.21 Å². The summed E-state index contributed by atoms with van der Waals surface area (Å²) in [6.07, 6.45) is 14.5. The summed E-state index contributed by atoms with van der Waals surface area (Å²) in [5, 5.41) is 0. The summed E-state index contributed by atoms with van der Waals surface area (Å²) in [6, 6.07) is 26.1. The van der Waals surface area contributed by atoms with E-state index in [0.29, 0.717) is 0 Å². The molecule has 6 rings (SSSR count).